The lowest BCUT2D eigenvalue weighted by molar-refractivity contribution is -0.119. The Labute approximate surface area is 188 Å². The zero-order valence-electron chi connectivity index (χ0n) is 18.0. The Bertz CT molecular complexity index is 965. The second-order valence-corrected chi connectivity index (χ2v) is 9.74. The fraction of sp³-hybridized carbons (Fsp3) is 0.524. The minimum Gasteiger partial charge on any atom is -0.459 e. The van der Waals surface area contributed by atoms with Crippen LogP contribution in [0.1, 0.15) is 63.5 Å². The molecule has 0 spiro atoms. The Morgan fingerprint density at radius 1 is 1.29 bits per heavy atom. The second-order valence-electron chi connectivity index (χ2n) is 7.69. The van der Waals surface area contributed by atoms with Crippen molar-refractivity contribution in [2.24, 2.45) is 5.92 Å². The third-order valence-corrected chi connectivity index (χ3v) is 6.67. The highest BCUT2D eigenvalue weighted by molar-refractivity contribution is 7.17. The zero-order valence-corrected chi connectivity index (χ0v) is 19.6. The van der Waals surface area contributed by atoms with Crippen LogP contribution >= 0.6 is 22.7 Å². The molecule has 1 atom stereocenters. The number of carbonyl (C=O) groups excluding carboxylic acids is 3. The summed E-state index contributed by atoms with van der Waals surface area (Å²) in [5, 5.41) is 5.38. The molecule has 1 N–H and O–H groups in total. The number of carbonyl (C=O) groups is 3. The zero-order chi connectivity index (χ0) is 22.5. The number of amides is 1. The number of anilines is 1. The van der Waals surface area contributed by atoms with Gasteiger partial charge in [-0.05, 0) is 44.6 Å². The van der Waals surface area contributed by atoms with Crippen LogP contribution in [0.4, 0.5) is 5.00 Å². The maximum absolute atomic E-state index is 12.7. The Morgan fingerprint density at radius 3 is 2.77 bits per heavy atom. The van der Waals surface area contributed by atoms with Gasteiger partial charge in [0, 0.05) is 17.4 Å². The molecule has 0 radical (unpaired) electrons. The van der Waals surface area contributed by atoms with Crippen LogP contribution in [0.2, 0.25) is 0 Å². The molecule has 0 bridgehead atoms. The van der Waals surface area contributed by atoms with Gasteiger partial charge in [-0.3, -0.25) is 4.79 Å². The van der Waals surface area contributed by atoms with Crippen molar-refractivity contribution >= 4 is 45.5 Å². The molecule has 168 valence electrons. The van der Waals surface area contributed by atoms with Crippen molar-refractivity contribution in [2.75, 3.05) is 19.0 Å². The predicted octanol–water partition coefficient (Wildman–Crippen LogP) is 3.84. The first-order chi connectivity index (χ1) is 14.8. The number of nitrogens with one attached hydrogen (secondary N) is 1. The average Bonchev–Trinajstić information content (AvgIpc) is 3.29. The van der Waals surface area contributed by atoms with E-state index < -0.39 is 24.5 Å². The molecule has 2 heterocycles. The van der Waals surface area contributed by atoms with Gasteiger partial charge < -0.3 is 19.5 Å². The molecule has 0 saturated carbocycles. The molecule has 1 amide bonds. The molecule has 10 heteroatoms. The van der Waals surface area contributed by atoms with E-state index in [0.717, 1.165) is 29.7 Å². The number of esters is 2. The fourth-order valence-corrected chi connectivity index (χ4v) is 5.44. The number of thiazole rings is 1. The summed E-state index contributed by atoms with van der Waals surface area (Å²) in [6.07, 6.45) is 2.35. The molecule has 0 fully saturated rings. The molecule has 31 heavy (non-hydrogen) atoms. The van der Waals surface area contributed by atoms with Crippen molar-refractivity contribution in [3.05, 3.63) is 32.1 Å². The van der Waals surface area contributed by atoms with Crippen LogP contribution in [0.3, 0.4) is 0 Å². The second kappa shape index (κ2) is 10.3. The lowest BCUT2D eigenvalue weighted by Crippen LogP contribution is -2.22. The van der Waals surface area contributed by atoms with Gasteiger partial charge in [0.15, 0.2) is 12.3 Å². The SMILES string of the molecule is COCc1nc(C(=O)OCC(=O)Nc2sc3c(c2C(=O)OC(C)C)CCC(C)C3)cs1. The van der Waals surface area contributed by atoms with Crippen LogP contribution < -0.4 is 5.32 Å². The third kappa shape index (κ3) is 5.90. The monoisotopic (exact) mass is 466 g/mol. The number of thiophene rings is 1. The smallest absolute Gasteiger partial charge is 0.358 e. The Morgan fingerprint density at radius 2 is 2.06 bits per heavy atom. The summed E-state index contributed by atoms with van der Waals surface area (Å²) in [7, 11) is 1.54. The molecule has 2 aromatic heterocycles. The van der Waals surface area contributed by atoms with E-state index in [1.807, 2.05) is 0 Å². The maximum Gasteiger partial charge on any atom is 0.358 e. The number of ether oxygens (including phenoxy) is 3. The van der Waals surface area contributed by atoms with Crippen LogP contribution in [-0.2, 0) is 38.5 Å². The number of aromatic nitrogens is 1. The van der Waals surface area contributed by atoms with Gasteiger partial charge >= 0.3 is 11.9 Å². The molecule has 0 aromatic carbocycles. The summed E-state index contributed by atoms with van der Waals surface area (Å²) in [5.41, 5.74) is 1.50. The van der Waals surface area contributed by atoms with Crippen LogP contribution in [0.15, 0.2) is 5.38 Å². The Kier molecular flexibility index (Phi) is 7.79. The number of hydrogen-bond acceptors (Lipinski definition) is 9. The molecule has 1 aliphatic rings. The quantitative estimate of drug-likeness (QED) is 0.590. The summed E-state index contributed by atoms with van der Waals surface area (Å²) >= 11 is 2.67. The van der Waals surface area contributed by atoms with Gasteiger partial charge in [-0.15, -0.1) is 22.7 Å². The van der Waals surface area contributed by atoms with E-state index in [2.05, 4.69) is 17.2 Å². The first kappa shape index (κ1) is 23.4. The molecule has 8 nitrogen and oxygen atoms in total. The third-order valence-electron chi connectivity index (χ3n) is 4.67. The van der Waals surface area contributed by atoms with Crippen LogP contribution in [0.25, 0.3) is 0 Å². The number of fused-ring (bicyclic) bond motifs is 1. The molecule has 0 aliphatic heterocycles. The largest absolute Gasteiger partial charge is 0.459 e. The van der Waals surface area contributed by atoms with E-state index >= 15 is 0 Å². The molecule has 2 aromatic rings. The van der Waals surface area contributed by atoms with E-state index in [4.69, 9.17) is 14.2 Å². The Balaban J connectivity index is 1.68. The van der Waals surface area contributed by atoms with Crippen molar-refractivity contribution in [1.82, 2.24) is 4.98 Å². The Hall–Kier alpha value is -2.30. The van der Waals surface area contributed by atoms with Crippen molar-refractivity contribution in [1.29, 1.82) is 0 Å². The van der Waals surface area contributed by atoms with Gasteiger partial charge in [0.05, 0.1) is 18.3 Å². The molecule has 1 aliphatic carbocycles. The van der Waals surface area contributed by atoms with Crippen molar-refractivity contribution in [3.63, 3.8) is 0 Å². The topological polar surface area (TPSA) is 104 Å². The lowest BCUT2D eigenvalue weighted by atomic mass is 9.88. The summed E-state index contributed by atoms with van der Waals surface area (Å²) in [6.45, 7) is 5.56. The summed E-state index contributed by atoms with van der Waals surface area (Å²) in [4.78, 5) is 42.5. The highest BCUT2D eigenvalue weighted by atomic mass is 32.1. The number of methoxy groups -OCH3 is 1. The van der Waals surface area contributed by atoms with Gasteiger partial charge in [-0.1, -0.05) is 6.92 Å². The van der Waals surface area contributed by atoms with Crippen LogP contribution in [0, 0.1) is 5.92 Å². The number of hydrogen-bond donors (Lipinski definition) is 1. The van der Waals surface area contributed by atoms with Gasteiger partial charge in [-0.25, -0.2) is 14.6 Å². The summed E-state index contributed by atoms with van der Waals surface area (Å²) in [5.74, 6) is -1.13. The highest BCUT2D eigenvalue weighted by Crippen LogP contribution is 2.40. The van der Waals surface area contributed by atoms with E-state index in [-0.39, 0.29) is 11.8 Å². The normalized spacial score (nSPS) is 15.5. The van der Waals surface area contributed by atoms with Crippen LogP contribution in [0.5, 0.6) is 0 Å². The van der Waals surface area contributed by atoms with E-state index in [9.17, 15) is 14.4 Å². The molecule has 0 saturated heterocycles. The van der Waals surface area contributed by atoms with E-state index in [1.54, 1.807) is 19.2 Å². The van der Waals surface area contributed by atoms with Crippen molar-refractivity contribution in [2.45, 2.75) is 52.7 Å². The maximum atomic E-state index is 12.7. The van der Waals surface area contributed by atoms with Gasteiger partial charge in [0.1, 0.15) is 10.0 Å². The van der Waals surface area contributed by atoms with Crippen molar-refractivity contribution in [3.8, 4) is 0 Å². The molecular weight excluding hydrogens is 440 g/mol. The minimum absolute atomic E-state index is 0.131. The summed E-state index contributed by atoms with van der Waals surface area (Å²) < 4.78 is 15.5. The highest BCUT2D eigenvalue weighted by Gasteiger charge is 2.29. The molecule has 1 unspecified atom stereocenters. The standard InChI is InChI=1S/C21H26N2O6S2/c1-11(2)29-21(26)18-13-6-5-12(3)7-15(13)31-19(18)23-16(24)8-28-20(25)14-10-30-17(22-14)9-27-4/h10-12H,5-9H2,1-4H3,(H,23,24). The minimum atomic E-state index is -0.688. The number of nitrogens with zero attached hydrogens (tertiary/aromatic N) is 1. The average molecular weight is 467 g/mol. The lowest BCUT2D eigenvalue weighted by Gasteiger charge is -2.18. The number of rotatable bonds is 8. The summed E-state index contributed by atoms with van der Waals surface area (Å²) in [6, 6.07) is 0. The van der Waals surface area contributed by atoms with Gasteiger partial charge in [-0.2, -0.15) is 0 Å². The predicted molar refractivity (Wildman–Crippen MR) is 118 cm³/mol. The first-order valence-corrected chi connectivity index (χ1v) is 11.7. The van der Waals surface area contributed by atoms with Crippen LogP contribution in [-0.4, -0.2) is 42.7 Å². The fourth-order valence-electron chi connectivity index (χ4n) is 3.29. The van der Waals surface area contributed by atoms with E-state index in [1.165, 1.54) is 29.8 Å². The van der Waals surface area contributed by atoms with E-state index in [0.29, 0.717) is 28.1 Å². The first-order valence-electron chi connectivity index (χ1n) is 10.0. The van der Waals surface area contributed by atoms with Gasteiger partial charge in [0.2, 0.25) is 0 Å². The molecule has 3 rings (SSSR count). The van der Waals surface area contributed by atoms with Gasteiger partial charge in [0.25, 0.3) is 5.91 Å². The molecular formula is C21H26N2O6S2. The van der Waals surface area contributed by atoms with Crippen molar-refractivity contribution < 1.29 is 28.6 Å².